The molecule has 0 amide bonds. The molecule has 1 atom stereocenters. The third-order valence-corrected chi connectivity index (χ3v) is 3.97. The molecule has 24 heavy (non-hydrogen) atoms. The summed E-state index contributed by atoms with van der Waals surface area (Å²) >= 11 is 0. The summed E-state index contributed by atoms with van der Waals surface area (Å²) in [5.74, 6) is 0.234. The Balaban J connectivity index is 2.09. The van der Waals surface area contributed by atoms with Gasteiger partial charge in [-0.15, -0.1) is 0 Å². The molecule has 0 saturated carbocycles. The van der Waals surface area contributed by atoms with Gasteiger partial charge in [0.2, 0.25) is 0 Å². The molecule has 2 aromatic rings. The summed E-state index contributed by atoms with van der Waals surface area (Å²) < 4.78 is 5.00. The van der Waals surface area contributed by atoms with Gasteiger partial charge in [-0.1, -0.05) is 37.3 Å². The molecule has 0 aromatic heterocycles. The molecule has 0 aliphatic carbocycles. The van der Waals surface area contributed by atoms with E-state index in [-0.39, 0.29) is 24.1 Å². The number of nitrogens with zero attached hydrogens (tertiary/aromatic N) is 1. The molecule has 0 heterocycles. The van der Waals surface area contributed by atoms with E-state index >= 15 is 0 Å². The molecule has 2 N–H and O–H groups in total. The number of aliphatic hydroxyl groups is 1. The molecular formula is C18H22N2O4. The van der Waals surface area contributed by atoms with Crippen LogP contribution in [0.5, 0.6) is 5.75 Å². The average molecular weight is 330 g/mol. The Morgan fingerprint density at radius 3 is 2.42 bits per heavy atom. The third kappa shape index (κ3) is 4.31. The number of nitro benzene ring substituents is 1. The standard InChI is InChI=1S/C18H22N2O4/c1-3-13-4-7-15(8-5-13)16(12-21)19-11-14-6-9-18(24-2)17(10-14)20(22)23/h4-10,16,19,21H,3,11-12H2,1-2H3. The van der Waals surface area contributed by atoms with Gasteiger partial charge >= 0.3 is 5.69 Å². The second kappa shape index (κ2) is 8.42. The average Bonchev–Trinajstić information content (AvgIpc) is 2.62. The fourth-order valence-corrected chi connectivity index (χ4v) is 2.50. The highest BCUT2D eigenvalue weighted by atomic mass is 16.6. The van der Waals surface area contributed by atoms with Crippen LogP contribution in [0.4, 0.5) is 5.69 Å². The minimum Gasteiger partial charge on any atom is -0.490 e. The van der Waals surface area contributed by atoms with Gasteiger partial charge in [0.1, 0.15) is 0 Å². The molecule has 0 aliphatic heterocycles. The molecule has 0 saturated heterocycles. The van der Waals surface area contributed by atoms with Crippen LogP contribution in [0.2, 0.25) is 0 Å². The molecule has 6 heteroatoms. The van der Waals surface area contributed by atoms with E-state index in [4.69, 9.17) is 4.74 Å². The van der Waals surface area contributed by atoms with Gasteiger partial charge in [-0.25, -0.2) is 0 Å². The molecule has 0 bridgehead atoms. The molecule has 2 aromatic carbocycles. The topological polar surface area (TPSA) is 84.6 Å². The van der Waals surface area contributed by atoms with Crippen molar-refractivity contribution in [1.82, 2.24) is 5.32 Å². The Bertz CT molecular complexity index is 686. The third-order valence-electron chi connectivity index (χ3n) is 3.97. The smallest absolute Gasteiger partial charge is 0.311 e. The first-order chi connectivity index (χ1) is 11.6. The normalized spacial score (nSPS) is 12.0. The van der Waals surface area contributed by atoms with Crippen molar-refractivity contribution in [2.24, 2.45) is 0 Å². The van der Waals surface area contributed by atoms with Crippen molar-refractivity contribution in [3.63, 3.8) is 0 Å². The van der Waals surface area contributed by atoms with E-state index in [9.17, 15) is 15.2 Å². The molecule has 0 aliphatic rings. The van der Waals surface area contributed by atoms with Crippen molar-refractivity contribution in [2.75, 3.05) is 13.7 Å². The van der Waals surface area contributed by atoms with E-state index < -0.39 is 4.92 Å². The zero-order valence-corrected chi connectivity index (χ0v) is 13.9. The van der Waals surface area contributed by atoms with Gasteiger partial charge in [0, 0.05) is 12.6 Å². The lowest BCUT2D eigenvalue weighted by Gasteiger charge is -2.17. The zero-order valence-electron chi connectivity index (χ0n) is 13.9. The maximum atomic E-state index is 11.1. The summed E-state index contributed by atoms with van der Waals surface area (Å²) in [6, 6.07) is 12.7. The van der Waals surface area contributed by atoms with Crippen molar-refractivity contribution in [1.29, 1.82) is 0 Å². The van der Waals surface area contributed by atoms with Crippen LogP contribution >= 0.6 is 0 Å². The minimum atomic E-state index is -0.463. The molecule has 128 valence electrons. The number of methoxy groups -OCH3 is 1. The quantitative estimate of drug-likeness (QED) is 0.574. The highest BCUT2D eigenvalue weighted by Gasteiger charge is 2.16. The van der Waals surface area contributed by atoms with Gasteiger partial charge in [-0.2, -0.15) is 0 Å². The van der Waals surface area contributed by atoms with Gasteiger partial charge in [0.25, 0.3) is 0 Å². The number of benzene rings is 2. The Morgan fingerprint density at radius 2 is 1.88 bits per heavy atom. The Labute approximate surface area is 141 Å². The van der Waals surface area contributed by atoms with Crippen LogP contribution in [0.25, 0.3) is 0 Å². The summed E-state index contributed by atoms with van der Waals surface area (Å²) in [5.41, 5.74) is 2.91. The summed E-state index contributed by atoms with van der Waals surface area (Å²) in [4.78, 5) is 10.6. The van der Waals surface area contributed by atoms with E-state index in [2.05, 4.69) is 12.2 Å². The minimum absolute atomic E-state index is 0.0519. The first-order valence-corrected chi connectivity index (χ1v) is 7.83. The summed E-state index contributed by atoms with van der Waals surface area (Å²) in [5, 5.41) is 23.9. The van der Waals surface area contributed by atoms with Gasteiger partial charge < -0.3 is 15.2 Å². The van der Waals surface area contributed by atoms with E-state index in [1.807, 2.05) is 24.3 Å². The van der Waals surface area contributed by atoms with Gasteiger partial charge in [-0.05, 0) is 29.2 Å². The van der Waals surface area contributed by atoms with Crippen molar-refractivity contribution in [3.05, 3.63) is 69.3 Å². The maximum absolute atomic E-state index is 11.1. The van der Waals surface area contributed by atoms with Crippen LogP contribution in [0.15, 0.2) is 42.5 Å². The molecule has 0 radical (unpaired) electrons. The summed E-state index contributed by atoms with van der Waals surface area (Å²) in [6.07, 6.45) is 0.965. The Morgan fingerprint density at radius 1 is 1.21 bits per heavy atom. The number of nitrogens with one attached hydrogen (secondary N) is 1. The molecule has 6 nitrogen and oxygen atoms in total. The zero-order chi connectivity index (χ0) is 17.5. The lowest BCUT2D eigenvalue weighted by atomic mass is 10.0. The fraction of sp³-hybridized carbons (Fsp3) is 0.333. The number of hydrogen-bond donors (Lipinski definition) is 2. The summed E-state index contributed by atoms with van der Waals surface area (Å²) in [6.45, 7) is 2.45. The van der Waals surface area contributed by atoms with Crippen molar-refractivity contribution >= 4 is 5.69 Å². The van der Waals surface area contributed by atoms with E-state index in [0.717, 1.165) is 17.5 Å². The van der Waals surface area contributed by atoms with Gasteiger partial charge in [0.15, 0.2) is 5.75 Å². The fourth-order valence-electron chi connectivity index (χ4n) is 2.50. The number of nitro groups is 1. The van der Waals surface area contributed by atoms with Gasteiger partial charge in [-0.3, -0.25) is 10.1 Å². The van der Waals surface area contributed by atoms with Crippen LogP contribution in [-0.2, 0) is 13.0 Å². The van der Waals surface area contributed by atoms with E-state index in [1.54, 1.807) is 12.1 Å². The number of rotatable bonds is 8. The number of aryl methyl sites for hydroxylation is 1. The lowest BCUT2D eigenvalue weighted by Crippen LogP contribution is -2.24. The lowest BCUT2D eigenvalue weighted by molar-refractivity contribution is -0.385. The molecule has 2 rings (SSSR count). The Kier molecular flexibility index (Phi) is 6.28. The van der Waals surface area contributed by atoms with Crippen LogP contribution in [-0.4, -0.2) is 23.7 Å². The highest BCUT2D eigenvalue weighted by molar-refractivity contribution is 5.48. The second-order valence-corrected chi connectivity index (χ2v) is 5.47. The molecular weight excluding hydrogens is 308 g/mol. The predicted molar refractivity (Wildman–Crippen MR) is 92.1 cm³/mol. The maximum Gasteiger partial charge on any atom is 0.311 e. The van der Waals surface area contributed by atoms with Crippen molar-refractivity contribution < 1.29 is 14.8 Å². The molecule has 0 spiro atoms. The first-order valence-electron chi connectivity index (χ1n) is 7.83. The van der Waals surface area contributed by atoms with Crippen LogP contribution in [0.3, 0.4) is 0 Å². The van der Waals surface area contributed by atoms with Gasteiger partial charge in [0.05, 0.1) is 24.7 Å². The molecule has 0 fully saturated rings. The summed E-state index contributed by atoms with van der Waals surface area (Å²) in [7, 11) is 1.40. The largest absolute Gasteiger partial charge is 0.490 e. The van der Waals surface area contributed by atoms with Crippen molar-refractivity contribution in [3.8, 4) is 5.75 Å². The van der Waals surface area contributed by atoms with E-state index in [0.29, 0.717) is 6.54 Å². The first kappa shape index (κ1) is 17.9. The predicted octanol–water partition coefficient (Wildman–Crippen LogP) is 2.99. The number of aliphatic hydroxyl groups excluding tert-OH is 1. The number of hydrogen-bond acceptors (Lipinski definition) is 5. The monoisotopic (exact) mass is 330 g/mol. The number of ether oxygens (including phenoxy) is 1. The highest BCUT2D eigenvalue weighted by Crippen LogP contribution is 2.27. The van der Waals surface area contributed by atoms with Crippen LogP contribution in [0, 0.1) is 10.1 Å². The SMILES string of the molecule is CCc1ccc(C(CO)NCc2ccc(OC)c([N+](=O)[O-])c2)cc1. The second-order valence-electron chi connectivity index (χ2n) is 5.47. The van der Waals surface area contributed by atoms with Crippen LogP contribution < -0.4 is 10.1 Å². The van der Waals surface area contributed by atoms with E-state index in [1.165, 1.54) is 18.7 Å². The molecule has 1 unspecified atom stereocenters. The Hall–Kier alpha value is -2.44. The van der Waals surface area contributed by atoms with Crippen molar-refractivity contribution in [2.45, 2.75) is 25.9 Å². The van der Waals surface area contributed by atoms with Crippen LogP contribution in [0.1, 0.15) is 29.7 Å².